The molecule has 0 bridgehead atoms. The highest BCUT2D eigenvalue weighted by molar-refractivity contribution is 7.71. The van der Waals surface area contributed by atoms with E-state index in [1.165, 1.54) is 0 Å². The van der Waals surface area contributed by atoms with E-state index in [2.05, 4.69) is 9.97 Å². The normalized spacial score (nSPS) is 10.3. The van der Waals surface area contributed by atoms with E-state index >= 15 is 0 Å². The molecule has 1 heterocycles. The Hall–Kier alpha value is -2.15. The smallest absolute Gasteiger partial charge is 0.339 e. The Morgan fingerprint density at radius 2 is 2.11 bits per heavy atom. The number of halogens is 2. The minimum atomic E-state index is -1.31. The maximum atomic E-state index is 13.6. The average molecular weight is 268 g/mol. The van der Waals surface area contributed by atoms with Crippen LogP contribution >= 0.6 is 12.2 Å². The van der Waals surface area contributed by atoms with Crippen LogP contribution in [0.15, 0.2) is 24.4 Å². The highest BCUT2D eigenvalue weighted by Gasteiger charge is 2.16. The molecule has 2 aromatic rings. The summed E-state index contributed by atoms with van der Waals surface area (Å²) >= 11 is 4.75. The van der Waals surface area contributed by atoms with Gasteiger partial charge in [-0.2, -0.15) is 0 Å². The molecule has 1 aromatic heterocycles. The number of nitrogens with one attached hydrogen (secondary N) is 1. The first-order valence-electron chi connectivity index (χ1n) is 4.77. The molecule has 92 valence electrons. The molecule has 0 unspecified atom stereocenters. The Labute approximate surface area is 105 Å². The molecule has 0 aliphatic heterocycles. The van der Waals surface area contributed by atoms with Crippen LogP contribution in [0.3, 0.4) is 0 Å². The third kappa shape index (κ3) is 2.25. The first kappa shape index (κ1) is 12.3. The predicted octanol–water partition coefficient (Wildman–Crippen LogP) is 2.78. The van der Waals surface area contributed by atoms with Crippen LogP contribution in [0.5, 0.6) is 0 Å². The zero-order valence-electron chi connectivity index (χ0n) is 8.78. The lowest BCUT2D eigenvalue weighted by Crippen LogP contribution is -2.04. The Balaban J connectivity index is 2.77. The van der Waals surface area contributed by atoms with Crippen molar-refractivity contribution >= 4 is 18.2 Å². The second-order valence-electron chi connectivity index (χ2n) is 3.41. The molecule has 0 saturated carbocycles. The van der Waals surface area contributed by atoms with E-state index in [0.717, 1.165) is 24.4 Å². The summed E-state index contributed by atoms with van der Waals surface area (Å²) in [5.41, 5.74) is -0.603. The Morgan fingerprint density at radius 3 is 2.78 bits per heavy atom. The van der Waals surface area contributed by atoms with Crippen molar-refractivity contribution in [2.75, 3.05) is 0 Å². The highest BCUT2D eigenvalue weighted by atomic mass is 32.1. The van der Waals surface area contributed by atoms with Crippen molar-refractivity contribution in [3.05, 3.63) is 46.4 Å². The third-order valence-electron chi connectivity index (χ3n) is 2.24. The van der Waals surface area contributed by atoms with E-state index in [1.807, 2.05) is 0 Å². The number of benzene rings is 1. The number of carboxylic acid groups (broad SMARTS) is 1. The maximum Gasteiger partial charge on any atom is 0.339 e. The van der Waals surface area contributed by atoms with Crippen molar-refractivity contribution in [3.63, 3.8) is 0 Å². The van der Waals surface area contributed by atoms with E-state index in [-0.39, 0.29) is 21.6 Å². The third-order valence-corrected chi connectivity index (χ3v) is 2.45. The minimum absolute atomic E-state index is 0.0151. The zero-order valence-corrected chi connectivity index (χ0v) is 9.59. The molecule has 0 saturated heterocycles. The van der Waals surface area contributed by atoms with Crippen LogP contribution < -0.4 is 0 Å². The van der Waals surface area contributed by atoms with Crippen molar-refractivity contribution < 1.29 is 18.7 Å². The fourth-order valence-corrected chi connectivity index (χ4v) is 1.61. The van der Waals surface area contributed by atoms with Crippen LogP contribution in [0.25, 0.3) is 11.3 Å². The van der Waals surface area contributed by atoms with Gasteiger partial charge in [0.15, 0.2) is 4.77 Å². The lowest BCUT2D eigenvalue weighted by Gasteiger charge is -2.07. The molecule has 7 heteroatoms. The molecule has 2 N–H and O–H groups in total. The number of hydrogen-bond acceptors (Lipinski definition) is 3. The molecule has 4 nitrogen and oxygen atoms in total. The summed E-state index contributed by atoms with van der Waals surface area (Å²) in [5, 5.41) is 8.97. The van der Waals surface area contributed by atoms with Crippen LogP contribution in [0, 0.1) is 16.4 Å². The molecule has 0 amide bonds. The summed E-state index contributed by atoms with van der Waals surface area (Å²) < 4.78 is 26.7. The molecule has 18 heavy (non-hydrogen) atoms. The number of aromatic carboxylic acids is 1. The molecular formula is C11H6F2N2O2S. The summed E-state index contributed by atoms with van der Waals surface area (Å²) in [6.45, 7) is 0. The number of aromatic amines is 1. The number of H-pyrrole nitrogens is 1. The van der Waals surface area contributed by atoms with E-state index in [0.29, 0.717) is 0 Å². The molecule has 0 atom stereocenters. The van der Waals surface area contributed by atoms with Gasteiger partial charge in [0.1, 0.15) is 17.2 Å². The number of rotatable bonds is 2. The predicted molar refractivity (Wildman–Crippen MR) is 61.7 cm³/mol. The van der Waals surface area contributed by atoms with Gasteiger partial charge in [-0.25, -0.2) is 18.6 Å². The van der Waals surface area contributed by atoms with Gasteiger partial charge in [0, 0.05) is 11.8 Å². The van der Waals surface area contributed by atoms with E-state index in [9.17, 15) is 13.6 Å². The van der Waals surface area contributed by atoms with Gasteiger partial charge in [-0.3, -0.25) is 0 Å². The number of carbonyl (C=O) groups is 1. The van der Waals surface area contributed by atoms with Gasteiger partial charge in [-0.1, -0.05) is 0 Å². The first-order chi connectivity index (χ1) is 8.49. The lowest BCUT2D eigenvalue weighted by atomic mass is 10.1. The van der Waals surface area contributed by atoms with Crippen molar-refractivity contribution in [2.24, 2.45) is 0 Å². The number of carboxylic acids is 1. The summed E-state index contributed by atoms with van der Waals surface area (Å²) in [4.78, 5) is 17.1. The fraction of sp³-hybridized carbons (Fsp3) is 0. The number of hydrogen-bond donors (Lipinski definition) is 2. The Kier molecular flexibility index (Phi) is 3.15. The van der Waals surface area contributed by atoms with Crippen LogP contribution in [-0.4, -0.2) is 21.0 Å². The van der Waals surface area contributed by atoms with Crippen LogP contribution in [0.4, 0.5) is 8.78 Å². The zero-order chi connectivity index (χ0) is 13.3. The van der Waals surface area contributed by atoms with E-state index < -0.39 is 17.6 Å². The highest BCUT2D eigenvalue weighted by Crippen LogP contribution is 2.24. The van der Waals surface area contributed by atoms with Crippen molar-refractivity contribution in [1.82, 2.24) is 9.97 Å². The molecule has 0 aliphatic rings. The molecular weight excluding hydrogens is 262 g/mol. The Morgan fingerprint density at radius 1 is 1.39 bits per heavy atom. The monoisotopic (exact) mass is 268 g/mol. The Bertz CT molecular complexity index is 685. The van der Waals surface area contributed by atoms with E-state index in [4.69, 9.17) is 17.3 Å². The average Bonchev–Trinajstić information content (AvgIpc) is 2.31. The van der Waals surface area contributed by atoms with Crippen molar-refractivity contribution in [2.45, 2.75) is 0 Å². The molecule has 0 spiro atoms. The molecule has 0 fully saturated rings. The van der Waals surface area contributed by atoms with Crippen LogP contribution in [0.2, 0.25) is 0 Å². The fourth-order valence-electron chi connectivity index (χ4n) is 1.46. The molecule has 2 rings (SSSR count). The van der Waals surface area contributed by atoms with E-state index in [1.54, 1.807) is 0 Å². The topological polar surface area (TPSA) is 66.0 Å². The molecule has 0 radical (unpaired) electrons. The SMILES string of the molecule is O=C(O)c1cnc(=S)[nH]c1-c1cc(F)ccc1F. The first-order valence-corrected chi connectivity index (χ1v) is 5.18. The lowest BCUT2D eigenvalue weighted by molar-refractivity contribution is 0.0697. The summed E-state index contributed by atoms with van der Waals surface area (Å²) in [6.07, 6.45) is 1.00. The largest absolute Gasteiger partial charge is 0.478 e. The van der Waals surface area contributed by atoms with Gasteiger partial charge in [0.2, 0.25) is 0 Å². The standard InChI is InChI=1S/C11H6F2N2O2S/c12-5-1-2-8(13)6(3-5)9-7(10(16)17)4-14-11(18)15-9/h1-4H,(H,16,17)(H,14,15,18). The quantitative estimate of drug-likeness (QED) is 0.822. The van der Waals surface area contributed by atoms with Crippen LogP contribution in [0.1, 0.15) is 10.4 Å². The van der Waals surface area contributed by atoms with Gasteiger partial charge in [0.25, 0.3) is 0 Å². The summed E-state index contributed by atoms with van der Waals surface area (Å²) in [6, 6.07) is 2.74. The summed E-state index contributed by atoms with van der Waals surface area (Å²) in [7, 11) is 0. The molecule has 1 aromatic carbocycles. The maximum absolute atomic E-state index is 13.6. The van der Waals surface area contributed by atoms with Gasteiger partial charge >= 0.3 is 5.97 Å². The van der Waals surface area contributed by atoms with Crippen LogP contribution in [-0.2, 0) is 0 Å². The van der Waals surface area contributed by atoms with Crippen molar-refractivity contribution in [1.29, 1.82) is 0 Å². The second-order valence-corrected chi connectivity index (χ2v) is 3.79. The van der Waals surface area contributed by atoms with Gasteiger partial charge in [0.05, 0.1) is 5.69 Å². The second kappa shape index (κ2) is 4.61. The van der Waals surface area contributed by atoms with Gasteiger partial charge < -0.3 is 10.1 Å². The van der Waals surface area contributed by atoms with Crippen molar-refractivity contribution in [3.8, 4) is 11.3 Å². The summed E-state index contributed by atoms with van der Waals surface area (Å²) in [5.74, 6) is -2.75. The van der Waals surface area contributed by atoms with Gasteiger partial charge in [-0.05, 0) is 30.4 Å². The number of nitrogens with zero attached hydrogens (tertiary/aromatic N) is 1. The molecule has 0 aliphatic carbocycles. The number of aromatic nitrogens is 2. The van der Waals surface area contributed by atoms with Gasteiger partial charge in [-0.15, -0.1) is 0 Å². The minimum Gasteiger partial charge on any atom is -0.478 e.